The maximum Gasteiger partial charge on any atom is 0.303 e. The number of benzene rings is 1. The number of aliphatic hydroxyl groups is 1. The minimum Gasteiger partial charge on any atom is -0.460 e. The summed E-state index contributed by atoms with van der Waals surface area (Å²) in [6, 6.07) is 6.47. The van der Waals surface area contributed by atoms with Crippen molar-refractivity contribution in [1.82, 2.24) is 0 Å². The number of carbonyl (C=O) groups excluding carboxylic acids is 5. The molecule has 2 saturated heterocycles. The lowest BCUT2D eigenvalue weighted by molar-refractivity contribution is -0.283. The Morgan fingerprint density at radius 2 is 1.46 bits per heavy atom. The molecule has 0 bridgehead atoms. The number of Topliss-reactive ketones (excluding diaryl/α,β-unsaturated/α-hetero) is 2. The first-order valence-electron chi connectivity index (χ1n) is 12.2. The minimum atomic E-state index is -1.45. The second-order valence-electron chi connectivity index (χ2n) is 9.17. The van der Waals surface area contributed by atoms with Crippen molar-refractivity contribution < 1.29 is 62.2 Å². The predicted molar refractivity (Wildman–Crippen MR) is 128 cm³/mol. The Morgan fingerprint density at radius 3 is 2.05 bits per heavy atom. The van der Waals surface area contributed by atoms with E-state index in [-0.39, 0.29) is 24.4 Å². The van der Waals surface area contributed by atoms with Crippen molar-refractivity contribution in [3.05, 3.63) is 29.8 Å². The van der Waals surface area contributed by atoms with Crippen LogP contribution in [-0.2, 0) is 52.4 Å². The average molecular weight is 553 g/mol. The van der Waals surface area contributed by atoms with Crippen LogP contribution in [0.15, 0.2) is 24.3 Å². The second kappa shape index (κ2) is 13.1. The van der Waals surface area contributed by atoms with E-state index >= 15 is 0 Å². The van der Waals surface area contributed by atoms with E-state index in [2.05, 4.69) is 0 Å². The number of hydrogen-bond acceptors (Lipinski definition) is 13. The fourth-order valence-electron chi connectivity index (χ4n) is 4.48. The number of para-hydroxylation sites is 1. The van der Waals surface area contributed by atoms with Gasteiger partial charge in [-0.3, -0.25) is 24.0 Å². The van der Waals surface area contributed by atoms with Gasteiger partial charge >= 0.3 is 17.9 Å². The van der Waals surface area contributed by atoms with Gasteiger partial charge in [0.05, 0.1) is 6.10 Å². The van der Waals surface area contributed by atoms with Crippen LogP contribution in [-0.4, -0.2) is 84.8 Å². The summed E-state index contributed by atoms with van der Waals surface area (Å²) in [5, 5.41) is 10.0. The lowest BCUT2D eigenvalue weighted by Crippen LogP contribution is -2.63. The third-order valence-corrected chi connectivity index (χ3v) is 6.00. The minimum absolute atomic E-state index is 0.151. The van der Waals surface area contributed by atoms with Crippen LogP contribution in [0.4, 0.5) is 0 Å². The van der Waals surface area contributed by atoms with Gasteiger partial charge in [0.1, 0.15) is 17.6 Å². The summed E-state index contributed by atoms with van der Waals surface area (Å²) >= 11 is 0. The summed E-state index contributed by atoms with van der Waals surface area (Å²) < 4.78 is 39.2. The molecule has 0 saturated carbocycles. The van der Waals surface area contributed by atoms with Gasteiger partial charge in [-0.05, 0) is 13.0 Å². The van der Waals surface area contributed by atoms with Crippen molar-refractivity contribution in [1.29, 1.82) is 0 Å². The first-order chi connectivity index (χ1) is 18.4. The molecule has 2 aliphatic rings. The summed E-state index contributed by atoms with van der Waals surface area (Å²) in [5.41, 5.74) is 0.388. The molecule has 13 heteroatoms. The number of esters is 3. The van der Waals surface area contributed by atoms with Crippen LogP contribution in [0, 0.1) is 0 Å². The average Bonchev–Trinajstić information content (AvgIpc) is 2.84. The highest BCUT2D eigenvalue weighted by atomic mass is 16.7. The molecule has 0 aliphatic carbocycles. The third-order valence-electron chi connectivity index (χ3n) is 6.00. The van der Waals surface area contributed by atoms with Crippen LogP contribution in [0.2, 0.25) is 0 Å². The number of carbonyl (C=O) groups is 5. The van der Waals surface area contributed by atoms with E-state index in [4.69, 9.17) is 33.2 Å². The molecule has 0 amide bonds. The van der Waals surface area contributed by atoms with Crippen molar-refractivity contribution in [2.45, 2.75) is 89.7 Å². The van der Waals surface area contributed by atoms with Crippen LogP contribution in [0.25, 0.3) is 0 Å². The molecule has 8 atom stereocenters. The van der Waals surface area contributed by atoms with E-state index in [9.17, 15) is 29.1 Å². The summed E-state index contributed by atoms with van der Waals surface area (Å²) in [4.78, 5) is 60.4. The monoisotopic (exact) mass is 552 g/mol. The highest BCUT2D eigenvalue weighted by Gasteiger charge is 2.53. The first-order valence-corrected chi connectivity index (χ1v) is 12.2. The van der Waals surface area contributed by atoms with Crippen molar-refractivity contribution in [3.8, 4) is 5.75 Å². The van der Waals surface area contributed by atoms with Crippen LogP contribution in [0.1, 0.15) is 52.2 Å². The zero-order valence-corrected chi connectivity index (χ0v) is 22.2. The Bertz CT molecular complexity index is 1090. The summed E-state index contributed by atoms with van der Waals surface area (Å²) in [7, 11) is 1.29. The lowest BCUT2D eigenvalue weighted by Gasteiger charge is -2.44. The summed E-state index contributed by atoms with van der Waals surface area (Å²) in [6.45, 7) is 4.67. The zero-order valence-electron chi connectivity index (χ0n) is 22.2. The summed E-state index contributed by atoms with van der Waals surface area (Å²) in [6.07, 6.45) is -10.6. The van der Waals surface area contributed by atoms with Gasteiger partial charge in [0.2, 0.25) is 12.4 Å². The Kier molecular flexibility index (Phi) is 10.1. The molecule has 2 fully saturated rings. The fourth-order valence-corrected chi connectivity index (χ4v) is 4.48. The van der Waals surface area contributed by atoms with Crippen molar-refractivity contribution >= 4 is 29.5 Å². The number of ketones is 2. The number of methoxy groups -OCH3 is 1. The van der Waals surface area contributed by atoms with E-state index < -0.39 is 72.9 Å². The molecule has 8 unspecified atom stereocenters. The number of rotatable bonds is 9. The molecule has 3 rings (SSSR count). The van der Waals surface area contributed by atoms with Gasteiger partial charge < -0.3 is 38.3 Å². The van der Waals surface area contributed by atoms with Crippen molar-refractivity contribution in [2.24, 2.45) is 0 Å². The second-order valence-corrected chi connectivity index (χ2v) is 9.17. The smallest absolute Gasteiger partial charge is 0.303 e. The standard InChI is InChI=1S/C26H32O13/c1-12(27)10-20-22(34-13(2)28)23(35-14(3)29)24(36-15(4)30)26(39-20)37-18-9-7-6-8-16(18)19-11-17(31)21(32)25(33-5)38-19/h6-9,19-26,32H,10-11H2,1-5H3. The molecular formula is C26H32O13. The lowest BCUT2D eigenvalue weighted by atomic mass is 9.94. The molecular weight excluding hydrogens is 520 g/mol. The molecule has 13 nitrogen and oxygen atoms in total. The van der Waals surface area contributed by atoms with E-state index in [1.54, 1.807) is 24.3 Å². The normalized spacial score (nSPS) is 30.7. The first kappa shape index (κ1) is 30.2. The van der Waals surface area contributed by atoms with E-state index in [0.717, 1.165) is 20.8 Å². The van der Waals surface area contributed by atoms with Gasteiger partial charge in [0.15, 0.2) is 30.4 Å². The van der Waals surface area contributed by atoms with Gasteiger partial charge in [0.25, 0.3) is 0 Å². The number of ether oxygens (including phenoxy) is 7. The van der Waals surface area contributed by atoms with Crippen LogP contribution < -0.4 is 4.74 Å². The van der Waals surface area contributed by atoms with Gasteiger partial charge in [0, 0.05) is 46.3 Å². The molecule has 1 aromatic carbocycles. The quantitative estimate of drug-likeness (QED) is 0.339. The zero-order chi connectivity index (χ0) is 28.9. The van der Waals surface area contributed by atoms with E-state index in [1.165, 1.54) is 14.0 Å². The largest absolute Gasteiger partial charge is 0.460 e. The van der Waals surface area contributed by atoms with Crippen LogP contribution in [0.3, 0.4) is 0 Å². The van der Waals surface area contributed by atoms with Gasteiger partial charge in [-0.25, -0.2) is 0 Å². The van der Waals surface area contributed by atoms with Gasteiger partial charge in [-0.2, -0.15) is 0 Å². The molecule has 0 spiro atoms. The maximum atomic E-state index is 12.4. The number of hydrogen-bond donors (Lipinski definition) is 1. The van der Waals surface area contributed by atoms with Crippen LogP contribution >= 0.6 is 0 Å². The Hall–Kier alpha value is -3.39. The third kappa shape index (κ3) is 7.60. The highest BCUT2D eigenvalue weighted by molar-refractivity contribution is 5.84. The Labute approximate surface area is 224 Å². The van der Waals surface area contributed by atoms with E-state index in [1.807, 2.05) is 0 Å². The number of aliphatic hydroxyl groups excluding tert-OH is 1. The molecule has 0 radical (unpaired) electrons. The van der Waals surface area contributed by atoms with Gasteiger partial charge in [-0.1, -0.05) is 18.2 Å². The fraction of sp³-hybridized carbons (Fsp3) is 0.577. The summed E-state index contributed by atoms with van der Waals surface area (Å²) in [5.74, 6) is -2.95. The topological polar surface area (TPSA) is 170 Å². The maximum absolute atomic E-state index is 12.4. The Balaban J connectivity index is 2.01. The molecule has 39 heavy (non-hydrogen) atoms. The molecule has 2 heterocycles. The SMILES string of the molecule is COC1OC(c2ccccc2OC2OC(CC(C)=O)C(OC(C)=O)C(OC(C)=O)C2OC(C)=O)CC(=O)C1O. The molecule has 0 aromatic heterocycles. The van der Waals surface area contributed by atoms with E-state index in [0.29, 0.717) is 5.56 Å². The molecule has 2 aliphatic heterocycles. The van der Waals surface area contributed by atoms with Crippen molar-refractivity contribution in [2.75, 3.05) is 7.11 Å². The highest BCUT2D eigenvalue weighted by Crippen LogP contribution is 2.38. The molecule has 214 valence electrons. The predicted octanol–water partition coefficient (Wildman–Crippen LogP) is 0.928. The molecule has 1 N–H and O–H groups in total. The Morgan fingerprint density at radius 1 is 0.872 bits per heavy atom. The van der Waals surface area contributed by atoms with Crippen LogP contribution in [0.5, 0.6) is 5.75 Å². The van der Waals surface area contributed by atoms with Gasteiger partial charge in [-0.15, -0.1) is 0 Å². The van der Waals surface area contributed by atoms with Crippen molar-refractivity contribution in [3.63, 3.8) is 0 Å². The molecule has 1 aromatic rings.